The minimum atomic E-state index is -0.658. The number of benzene rings is 2. The van der Waals surface area contributed by atoms with Crippen LogP contribution in [0.1, 0.15) is 33.3 Å². The van der Waals surface area contributed by atoms with E-state index < -0.39 is 11.0 Å². The minimum absolute atomic E-state index is 0.0402. The van der Waals surface area contributed by atoms with Crippen molar-refractivity contribution in [2.24, 2.45) is 0 Å². The quantitative estimate of drug-likeness (QED) is 0.476. The number of rotatable bonds is 5. The summed E-state index contributed by atoms with van der Waals surface area (Å²) >= 11 is 0. The van der Waals surface area contributed by atoms with Crippen LogP contribution in [0.15, 0.2) is 51.7 Å². The van der Waals surface area contributed by atoms with Crippen LogP contribution in [0.5, 0.6) is 0 Å². The second kappa shape index (κ2) is 7.38. The normalized spacial score (nSPS) is 15.8. The second-order valence-electron chi connectivity index (χ2n) is 7.73. The van der Waals surface area contributed by atoms with Gasteiger partial charge in [-0.1, -0.05) is 11.6 Å². The van der Waals surface area contributed by atoms with Gasteiger partial charge in [-0.2, -0.15) is 0 Å². The van der Waals surface area contributed by atoms with Gasteiger partial charge in [0.2, 0.25) is 5.76 Å². The zero-order valence-corrected chi connectivity index (χ0v) is 16.9. The zero-order chi connectivity index (χ0) is 21.6. The van der Waals surface area contributed by atoms with E-state index in [9.17, 15) is 19.7 Å². The highest BCUT2D eigenvalue weighted by molar-refractivity contribution is 5.99. The number of carbonyl (C=O) groups excluding carboxylic acids is 1. The standard InChI is InChI=1S/C22H21N3O5/c1-13-4-9-17-16(12-13)20(26)18-19(14-5-7-15(8-6-14)25(28)29)24(11-10-23(2)3)22(27)21(18)30-17/h4-9,12,19H,10-11H2,1-3H3. The van der Waals surface area contributed by atoms with E-state index in [1.165, 1.54) is 12.1 Å². The van der Waals surface area contributed by atoms with E-state index in [4.69, 9.17) is 4.42 Å². The van der Waals surface area contributed by atoms with Gasteiger partial charge in [-0.3, -0.25) is 19.7 Å². The lowest BCUT2D eigenvalue weighted by Crippen LogP contribution is -2.35. The van der Waals surface area contributed by atoms with E-state index in [1.54, 1.807) is 29.2 Å². The fraction of sp³-hybridized carbons (Fsp3) is 0.273. The molecule has 0 radical (unpaired) electrons. The Balaban J connectivity index is 1.92. The van der Waals surface area contributed by atoms with Gasteiger partial charge >= 0.3 is 0 Å². The van der Waals surface area contributed by atoms with Crippen molar-refractivity contribution in [2.45, 2.75) is 13.0 Å². The first-order chi connectivity index (χ1) is 14.3. The average Bonchev–Trinajstić information content (AvgIpc) is 2.99. The number of amides is 1. The third kappa shape index (κ3) is 3.25. The Bertz CT molecular complexity index is 1210. The monoisotopic (exact) mass is 407 g/mol. The summed E-state index contributed by atoms with van der Waals surface area (Å²) in [7, 11) is 3.80. The molecule has 1 aliphatic heterocycles. The first-order valence-corrected chi connectivity index (χ1v) is 9.55. The van der Waals surface area contributed by atoms with Crippen molar-refractivity contribution in [3.63, 3.8) is 0 Å². The third-order valence-corrected chi connectivity index (χ3v) is 5.33. The Morgan fingerprint density at radius 2 is 1.83 bits per heavy atom. The molecule has 0 saturated heterocycles. The smallest absolute Gasteiger partial charge is 0.290 e. The summed E-state index contributed by atoms with van der Waals surface area (Å²) in [6, 6.07) is 10.6. The van der Waals surface area contributed by atoms with Crippen molar-refractivity contribution in [1.82, 2.24) is 9.80 Å². The summed E-state index contributed by atoms with van der Waals surface area (Å²) in [5.74, 6) is -0.312. The van der Waals surface area contributed by atoms with Crippen LogP contribution in [0.2, 0.25) is 0 Å². The summed E-state index contributed by atoms with van der Waals surface area (Å²) in [6.45, 7) is 2.86. The summed E-state index contributed by atoms with van der Waals surface area (Å²) in [5, 5.41) is 11.4. The fourth-order valence-corrected chi connectivity index (χ4v) is 3.80. The van der Waals surface area contributed by atoms with Gasteiger partial charge in [0.25, 0.3) is 11.6 Å². The number of nitro benzene ring substituents is 1. The van der Waals surface area contributed by atoms with Crippen LogP contribution < -0.4 is 5.43 Å². The van der Waals surface area contributed by atoms with Gasteiger partial charge < -0.3 is 14.2 Å². The van der Waals surface area contributed by atoms with E-state index in [0.29, 0.717) is 29.6 Å². The molecule has 8 nitrogen and oxygen atoms in total. The number of hydrogen-bond acceptors (Lipinski definition) is 6. The lowest BCUT2D eigenvalue weighted by molar-refractivity contribution is -0.384. The first-order valence-electron chi connectivity index (χ1n) is 9.55. The van der Waals surface area contributed by atoms with Crippen molar-refractivity contribution in [3.05, 3.63) is 85.3 Å². The molecular weight excluding hydrogens is 386 g/mol. The Morgan fingerprint density at radius 1 is 1.13 bits per heavy atom. The highest BCUT2D eigenvalue weighted by Gasteiger charge is 2.42. The van der Waals surface area contributed by atoms with E-state index in [-0.39, 0.29) is 28.3 Å². The van der Waals surface area contributed by atoms with Crippen LogP contribution in [-0.4, -0.2) is 47.8 Å². The Labute approximate surface area is 172 Å². The number of carbonyl (C=O) groups is 1. The molecule has 4 rings (SSSR count). The molecule has 154 valence electrons. The maximum atomic E-state index is 13.4. The van der Waals surface area contributed by atoms with Crippen LogP contribution in [-0.2, 0) is 0 Å². The van der Waals surface area contributed by atoms with Gasteiger partial charge in [-0.05, 0) is 50.8 Å². The van der Waals surface area contributed by atoms with Crippen LogP contribution in [0.25, 0.3) is 11.0 Å². The van der Waals surface area contributed by atoms with E-state index in [1.807, 2.05) is 32.0 Å². The topological polar surface area (TPSA) is 96.9 Å². The van der Waals surface area contributed by atoms with E-state index >= 15 is 0 Å². The van der Waals surface area contributed by atoms with Crippen LogP contribution in [0, 0.1) is 17.0 Å². The third-order valence-electron chi connectivity index (χ3n) is 5.33. The average molecular weight is 407 g/mol. The molecule has 0 N–H and O–H groups in total. The molecule has 30 heavy (non-hydrogen) atoms. The fourth-order valence-electron chi connectivity index (χ4n) is 3.80. The Morgan fingerprint density at radius 3 is 2.47 bits per heavy atom. The number of aryl methyl sites for hydroxylation is 1. The van der Waals surface area contributed by atoms with Crippen molar-refractivity contribution >= 4 is 22.6 Å². The van der Waals surface area contributed by atoms with Crippen LogP contribution in [0.4, 0.5) is 5.69 Å². The number of non-ortho nitro benzene ring substituents is 1. The van der Waals surface area contributed by atoms with Crippen LogP contribution >= 0.6 is 0 Å². The van der Waals surface area contributed by atoms with Crippen LogP contribution in [0.3, 0.4) is 0 Å². The molecule has 0 bridgehead atoms. The van der Waals surface area contributed by atoms with Gasteiger partial charge in [-0.25, -0.2) is 0 Å². The maximum absolute atomic E-state index is 13.4. The molecule has 2 aromatic carbocycles. The molecule has 0 aliphatic carbocycles. The number of hydrogen-bond donors (Lipinski definition) is 0. The van der Waals surface area contributed by atoms with Gasteiger partial charge in [0.15, 0.2) is 5.43 Å². The molecule has 1 unspecified atom stereocenters. The summed E-state index contributed by atoms with van der Waals surface area (Å²) in [4.78, 5) is 40.7. The Kier molecular flexibility index (Phi) is 4.87. The summed E-state index contributed by atoms with van der Waals surface area (Å²) < 4.78 is 5.89. The van der Waals surface area contributed by atoms with Crippen molar-refractivity contribution < 1.29 is 14.1 Å². The Hall–Kier alpha value is -3.52. The van der Waals surface area contributed by atoms with E-state index in [2.05, 4.69) is 0 Å². The summed E-state index contributed by atoms with van der Waals surface area (Å²) in [5.41, 5.74) is 1.89. The molecule has 0 saturated carbocycles. The molecule has 8 heteroatoms. The predicted octanol–water partition coefficient (Wildman–Crippen LogP) is 3.12. The predicted molar refractivity (Wildman–Crippen MR) is 112 cm³/mol. The molecule has 1 atom stereocenters. The second-order valence-corrected chi connectivity index (χ2v) is 7.73. The number of nitro groups is 1. The highest BCUT2D eigenvalue weighted by Crippen LogP contribution is 2.38. The molecule has 0 fully saturated rings. The van der Waals surface area contributed by atoms with E-state index in [0.717, 1.165) is 5.56 Å². The van der Waals surface area contributed by atoms with Gasteiger partial charge in [0.05, 0.1) is 21.9 Å². The molecule has 3 aromatic rings. The lowest BCUT2D eigenvalue weighted by Gasteiger charge is -2.26. The van der Waals surface area contributed by atoms with Gasteiger partial charge in [0, 0.05) is 25.2 Å². The summed E-state index contributed by atoms with van der Waals surface area (Å²) in [6.07, 6.45) is 0. The molecular formula is C22H21N3O5. The number of likely N-dealkylation sites (N-methyl/N-ethyl adjacent to an activating group) is 1. The van der Waals surface area contributed by atoms with Crippen molar-refractivity contribution in [1.29, 1.82) is 0 Å². The maximum Gasteiger partial charge on any atom is 0.290 e. The molecule has 1 amide bonds. The van der Waals surface area contributed by atoms with Gasteiger partial charge in [-0.15, -0.1) is 0 Å². The largest absolute Gasteiger partial charge is 0.450 e. The van der Waals surface area contributed by atoms with Crippen molar-refractivity contribution in [3.8, 4) is 0 Å². The SMILES string of the molecule is Cc1ccc2oc3c(c(=O)c2c1)C(c1ccc([N+](=O)[O-])cc1)N(CCN(C)C)C3=O. The zero-order valence-electron chi connectivity index (χ0n) is 16.9. The lowest BCUT2D eigenvalue weighted by atomic mass is 9.98. The van der Waals surface area contributed by atoms with Gasteiger partial charge in [0.1, 0.15) is 5.58 Å². The molecule has 1 aromatic heterocycles. The highest BCUT2D eigenvalue weighted by atomic mass is 16.6. The molecule has 2 heterocycles. The van der Waals surface area contributed by atoms with Crippen molar-refractivity contribution in [2.75, 3.05) is 27.2 Å². The minimum Gasteiger partial charge on any atom is -0.450 e. The molecule has 0 spiro atoms. The molecule has 1 aliphatic rings. The first kappa shape index (κ1) is 19.8. The number of nitrogens with zero attached hydrogens (tertiary/aromatic N) is 3. The number of fused-ring (bicyclic) bond motifs is 2.